The average molecular weight is 605 g/mol. The first-order valence-electron chi connectivity index (χ1n) is 15.4. The maximum atomic E-state index is 14.0. The number of nitrogens with zero attached hydrogens (tertiary/aromatic N) is 4. The van der Waals surface area contributed by atoms with Crippen molar-refractivity contribution in [1.29, 1.82) is 0 Å². The maximum Gasteiger partial charge on any atom is 0.266 e. The van der Waals surface area contributed by atoms with E-state index in [9.17, 15) is 9.59 Å². The molecule has 6 rings (SSSR count). The molecule has 0 radical (unpaired) electrons. The number of anilines is 1. The molecule has 228 valence electrons. The van der Waals surface area contributed by atoms with Crippen LogP contribution in [-0.2, 0) is 16.1 Å². The highest BCUT2D eigenvalue weighted by Crippen LogP contribution is 2.35. The second-order valence-electron chi connectivity index (χ2n) is 12.4. The van der Waals surface area contributed by atoms with Gasteiger partial charge in [-0.1, -0.05) is 29.8 Å². The van der Waals surface area contributed by atoms with Crippen LogP contribution in [0.4, 0.5) is 5.69 Å². The number of halogens is 1. The monoisotopic (exact) mass is 604 g/mol. The van der Waals surface area contributed by atoms with E-state index in [-0.39, 0.29) is 23.8 Å². The predicted molar refractivity (Wildman–Crippen MR) is 168 cm³/mol. The minimum atomic E-state index is -0.973. The molecule has 3 fully saturated rings. The van der Waals surface area contributed by atoms with Gasteiger partial charge in [0, 0.05) is 80.4 Å². The van der Waals surface area contributed by atoms with Gasteiger partial charge in [-0.25, -0.2) is 0 Å². The lowest BCUT2D eigenvalue weighted by Gasteiger charge is -2.37. The first-order valence-corrected chi connectivity index (χ1v) is 15.8. The van der Waals surface area contributed by atoms with Crippen molar-refractivity contribution in [3.8, 4) is 16.9 Å². The Balaban J connectivity index is 1.12. The van der Waals surface area contributed by atoms with Crippen LogP contribution >= 0.6 is 11.6 Å². The van der Waals surface area contributed by atoms with Gasteiger partial charge >= 0.3 is 0 Å². The number of piperazine rings is 1. The van der Waals surface area contributed by atoms with Crippen molar-refractivity contribution in [2.75, 3.05) is 44.2 Å². The van der Waals surface area contributed by atoms with Crippen LogP contribution in [0.15, 0.2) is 54.9 Å². The summed E-state index contributed by atoms with van der Waals surface area (Å²) in [4.78, 5) is 33.4. The van der Waals surface area contributed by atoms with E-state index in [0.29, 0.717) is 37.0 Å². The molecule has 1 aliphatic carbocycles. The highest BCUT2D eigenvalue weighted by Gasteiger charge is 2.38. The molecule has 2 aromatic carbocycles. The van der Waals surface area contributed by atoms with E-state index in [0.717, 1.165) is 67.7 Å². The van der Waals surface area contributed by atoms with Gasteiger partial charge in [-0.05, 0) is 68.9 Å². The highest BCUT2D eigenvalue weighted by atomic mass is 35.5. The first kappa shape index (κ1) is 29.5. The molecule has 3 aliphatic rings. The third-order valence-electron chi connectivity index (χ3n) is 8.74. The number of hydrogen-bond acceptors (Lipinski definition) is 6. The van der Waals surface area contributed by atoms with Crippen LogP contribution in [0.1, 0.15) is 45.1 Å². The molecule has 3 aromatic rings. The van der Waals surface area contributed by atoms with Crippen LogP contribution < -0.4 is 15.0 Å². The Bertz CT molecular complexity index is 1430. The lowest BCUT2D eigenvalue weighted by Crippen LogP contribution is -2.54. The molecule has 3 heterocycles. The van der Waals surface area contributed by atoms with Crippen molar-refractivity contribution in [1.82, 2.24) is 25.3 Å². The maximum absolute atomic E-state index is 14.0. The molecule has 2 N–H and O–H groups in total. The molecule has 2 amide bonds. The lowest BCUT2D eigenvalue weighted by atomic mass is 9.95. The molecule has 1 saturated carbocycles. The average Bonchev–Trinajstić information content (AvgIpc) is 3.72. The summed E-state index contributed by atoms with van der Waals surface area (Å²) in [6.07, 6.45) is 7.50. The van der Waals surface area contributed by atoms with Gasteiger partial charge in [0.15, 0.2) is 5.60 Å². The number of rotatable bonds is 9. The van der Waals surface area contributed by atoms with Crippen molar-refractivity contribution in [3.63, 3.8) is 0 Å². The Morgan fingerprint density at radius 2 is 1.88 bits per heavy atom. The summed E-state index contributed by atoms with van der Waals surface area (Å²) in [7, 11) is 0. The molecule has 0 bridgehead atoms. The van der Waals surface area contributed by atoms with Gasteiger partial charge in [-0.2, -0.15) is 5.10 Å². The molecule has 43 heavy (non-hydrogen) atoms. The lowest BCUT2D eigenvalue weighted by molar-refractivity contribution is -0.146. The Morgan fingerprint density at radius 3 is 2.60 bits per heavy atom. The van der Waals surface area contributed by atoms with Gasteiger partial charge in [0.2, 0.25) is 5.91 Å². The minimum Gasteiger partial charge on any atom is -0.478 e. The molecule has 9 nitrogen and oxygen atoms in total. The number of ether oxygens (including phenoxy) is 1. The van der Waals surface area contributed by atoms with E-state index in [1.807, 2.05) is 61.3 Å². The summed E-state index contributed by atoms with van der Waals surface area (Å²) in [6, 6.07) is 14.2. The van der Waals surface area contributed by atoms with E-state index in [1.54, 1.807) is 6.20 Å². The number of amides is 2. The van der Waals surface area contributed by atoms with Gasteiger partial charge in [0.1, 0.15) is 5.75 Å². The number of aromatic amines is 1. The van der Waals surface area contributed by atoms with Crippen molar-refractivity contribution < 1.29 is 14.3 Å². The normalized spacial score (nSPS) is 19.3. The molecule has 0 spiro atoms. The fourth-order valence-corrected chi connectivity index (χ4v) is 6.44. The number of benzene rings is 2. The fraction of sp³-hybridized carbons (Fsp3) is 0.485. The molecule has 1 aromatic heterocycles. The Kier molecular flexibility index (Phi) is 8.63. The molecule has 0 unspecified atom stereocenters. The quantitative estimate of drug-likeness (QED) is 0.367. The van der Waals surface area contributed by atoms with Crippen LogP contribution in [0, 0.1) is 5.92 Å². The molecular formula is C33H41ClN6O3. The standard InChI is InChI=1S/C33H41ClN6O3/c1-33(2,32(42)38-15-12-35-13-16-38)43-29-7-3-6-28(18-29)39-14-4-5-25(21-39)31(41)40(27-10-11-27)22-24-9-8-23(17-30(24)34)26-19-36-37-20-26/h3,6-9,17-20,25,27,35H,4-5,10-16,21-22H2,1-2H3,(H,36,37)/t25-/m1/s1. The van der Waals surface area contributed by atoms with Crippen LogP contribution in [0.3, 0.4) is 0 Å². The van der Waals surface area contributed by atoms with E-state index in [4.69, 9.17) is 16.3 Å². The number of aromatic nitrogens is 2. The summed E-state index contributed by atoms with van der Waals surface area (Å²) >= 11 is 6.72. The second-order valence-corrected chi connectivity index (χ2v) is 12.8. The molecule has 1 atom stereocenters. The van der Waals surface area contributed by atoms with Crippen LogP contribution in [0.5, 0.6) is 5.75 Å². The number of hydrogen-bond donors (Lipinski definition) is 2. The van der Waals surface area contributed by atoms with Crippen molar-refractivity contribution >= 4 is 29.1 Å². The van der Waals surface area contributed by atoms with Gasteiger partial charge in [-0.3, -0.25) is 14.7 Å². The molecule has 10 heteroatoms. The second kappa shape index (κ2) is 12.6. The highest BCUT2D eigenvalue weighted by molar-refractivity contribution is 6.31. The summed E-state index contributed by atoms with van der Waals surface area (Å²) in [5.74, 6) is 0.776. The van der Waals surface area contributed by atoms with Gasteiger partial charge < -0.3 is 24.8 Å². The van der Waals surface area contributed by atoms with Gasteiger partial charge in [-0.15, -0.1) is 0 Å². The topological polar surface area (TPSA) is 93.8 Å². The zero-order valence-corrected chi connectivity index (χ0v) is 25.8. The number of piperidine rings is 1. The smallest absolute Gasteiger partial charge is 0.266 e. The zero-order valence-electron chi connectivity index (χ0n) is 25.0. The summed E-state index contributed by atoms with van der Waals surface area (Å²) in [5.41, 5.74) is 2.98. The van der Waals surface area contributed by atoms with E-state index in [1.165, 1.54) is 0 Å². The molecular weight excluding hydrogens is 564 g/mol. The Labute approximate surface area is 258 Å². The van der Waals surface area contributed by atoms with Crippen LogP contribution in [-0.4, -0.2) is 82.7 Å². The Hall–Kier alpha value is -3.56. The minimum absolute atomic E-state index is 0.000532. The van der Waals surface area contributed by atoms with Crippen LogP contribution in [0.2, 0.25) is 5.02 Å². The van der Waals surface area contributed by atoms with Crippen molar-refractivity contribution in [2.24, 2.45) is 5.92 Å². The van der Waals surface area contributed by atoms with Gasteiger partial charge in [0.25, 0.3) is 5.91 Å². The van der Waals surface area contributed by atoms with Crippen molar-refractivity contribution in [3.05, 3.63) is 65.4 Å². The SMILES string of the molecule is CC(C)(Oc1cccc(N2CCC[C@@H](C(=O)N(Cc3ccc(-c4cn[nH]c4)cc3Cl)C3CC3)C2)c1)C(=O)N1CCNCC1. The summed E-state index contributed by atoms with van der Waals surface area (Å²) < 4.78 is 6.28. The number of nitrogens with one attached hydrogen (secondary N) is 2. The molecule has 2 saturated heterocycles. The largest absolute Gasteiger partial charge is 0.478 e. The van der Waals surface area contributed by atoms with E-state index >= 15 is 0 Å². The van der Waals surface area contributed by atoms with Crippen LogP contribution in [0.25, 0.3) is 11.1 Å². The first-order chi connectivity index (χ1) is 20.8. The summed E-state index contributed by atoms with van der Waals surface area (Å²) in [5, 5.41) is 10.8. The van der Waals surface area contributed by atoms with E-state index in [2.05, 4.69) is 31.4 Å². The zero-order chi connectivity index (χ0) is 30.0. The summed E-state index contributed by atoms with van der Waals surface area (Å²) in [6.45, 7) is 8.70. The Morgan fingerprint density at radius 1 is 1.07 bits per heavy atom. The number of carbonyl (C=O) groups is 2. The van der Waals surface area contributed by atoms with E-state index < -0.39 is 5.60 Å². The fourth-order valence-electron chi connectivity index (χ4n) is 6.20. The molecule has 2 aliphatic heterocycles. The van der Waals surface area contributed by atoms with Crippen molar-refractivity contribution in [2.45, 2.75) is 57.7 Å². The number of H-pyrrole nitrogens is 1. The van der Waals surface area contributed by atoms with Gasteiger partial charge in [0.05, 0.1) is 12.1 Å². The number of carbonyl (C=O) groups excluding carboxylic acids is 2. The third kappa shape index (κ3) is 6.83. The third-order valence-corrected chi connectivity index (χ3v) is 9.09. The predicted octanol–water partition coefficient (Wildman–Crippen LogP) is 4.73.